The summed E-state index contributed by atoms with van der Waals surface area (Å²) < 4.78 is 5.34. The van der Waals surface area contributed by atoms with E-state index in [1.54, 1.807) is 36.4 Å². The lowest BCUT2D eigenvalue weighted by Crippen LogP contribution is -2.09. The number of hydrogen-bond donors (Lipinski definition) is 2. The molecule has 0 aliphatic carbocycles. The van der Waals surface area contributed by atoms with Crippen molar-refractivity contribution in [3.63, 3.8) is 0 Å². The minimum atomic E-state index is -0.956. The third-order valence-electron chi connectivity index (χ3n) is 3.30. The second kappa shape index (κ2) is 7.98. The van der Waals surface area contributed by atoms with Gasteiger partial charge in [-0.2, -0.15) is 0 Å². The molecule has 0 radical (unpaired) electrons. The Labute approximate surface area is 134 Å². The molecule has 0 aliphatic heterocycles. The summed E-state index contributed by atoms with van der Waals surface area (Å²) in [7, 11) is 0. The van der Waals surface area contributed by atoms with E-state index in [2.05, 4.69) is 5.32 Å². The van der Waals surface area contributed by atoms with Crippen LogP contribution in [0.15, 0.2) is 48.5 Å². The van der Waals surface area contributed by atoms with Gasteiger partial charge in [0.1, 0.15) is 5.75 Å². The van der Waals surface area contributed by atoms with Crippen LogP contribution >= 0.6 is 0 Å². The van der Waals surface area contributed by atoms with Gasteiger partial charge in [-0.3, -0.25) is 4.79 Å². The lowest BCUT2D eigenvalue weighted by Gasteiger charge is -2.07. The Morgan fingerprint density at radius 1 is 1.00 bits per heavy atom. The number of nitrogens with one attached hydrogen (secondary N) is 1. The summed E-state index contributed by atoms with van der Waals surface area (Å²) >= 11 is 0. The Morgan fingerprint density at radius 2 is 1.61 bits per heavy atom. The first-order valence-corrected chi connectivity index (χ1v) is 7.43. The van der Waals surface area contributed by atoms with Crippen LogP contribution in [-0.4, -0.2) is 30.0 Å². The number of benzene rings is 2. The molecule has 5 heteroatoms. The number of carbonyl (C=O) groups is 2. The summed E-state index contributed by atoms with van der Waals surface area (Å²) in [5, 5.41) is 11.9. The Balaban J connectivity index is 1.83. The second-order valence-corrected chi connectivity index (χ2v) is 4.94. The number of rotatable bonds is 8. The Bertz CT molecular complexity index is 662. The molecule has 0 bridgehead atoms. The maximum absolute atomic E-state index is 12.1. The third kappa shape index (κ3) is 4.85. The van der Waals surface area contributed by atoms with Crippen molar-refractivity contribution < 1.29 is 19.4 Å². The monoisotopic (exact) mass is 313 g/mol. The number of anilines is 1. The van der Waals surface area contributed by atoms with E-state index >= 15 is 0 Å². The smallest absolute Gasteiger partial charge is 0.335 e. The van der Waals surface area contributed by atoms with E-state index in [1.807, 2.05) is 6.92 Å². The molecule has 0 atom stereocenters. The molecule has 23 heavy (non-hydrogen) atoms. The number of carboxylic acids is 1. The predicted molar refractivity (Wildman–Crippen MR) is 88.4 cm³/mol. The van der Waals surface area contributed by atoms with Crippen LogP contribution in [0.1, 0.15) is 34.1 Å². The van der Waals surface area contributed by atoms with Gasteiger partial charge in [0, 0.05) is 24.2 Å². The molecule has 0 aromatic heterocycles. The van der Waals surface area contributed by atoms with Crippen molar-refractivity contribution >= 4 is 17.4 Å². The Kier molecular flexibility index (Phi) is 5.74. The second-order valence-electron chi connectivity index (χ2n) is 4.94. The molecular weight excluding hydrogens is 294 g/mol. The highest BCUT2D eigenvalue weighted by molar-refractivity contribution is 5.96. The highest BCUT2D eigenvalue weighted by Gasteiger charge is 2.06. The highest BCUT2D eigenvalue weighted by Crippen LogP contribution is 2.14. The maximum atomic E-state index is 12.1. The van der Waals surface area contributed by atoms with Gasteiger partial charge in [0.2, 0.25) is 0 Å². The minimum absolute atomic E-state index is 0.0442. The Hall–Kier alpha value is -2.82. The zero-order valence-electron chi connectivity index (χ0n) is 12.9. The SMILES string of the molecule is CCOc1ccc(C(=O)CCNc2ccc(C(=O)O)cc2)cc1. The van der Waals surface area contributed by atoms with Gasteiger partial charge in [-0.25, -0.2) is 4.79 Å². The van der Waals surface area contributed by atoms with Crippen LogP contribution in [0.4, 0.5) is 5.69 Å². The average molecular weight is 313 g/mol. The number of carboxylic acid groups (broad SMARTS) is 1. The molecule has 0 fully saturated rings. The van der Waals surface area contributed by atoms with Gasteiger partial charge >= 0.3 is 5.97 Å². The molecule has 5 nitrogen and oxygen atoms in total. The predicted octanol–water partition coefficient (Wildman–Crippen LogP) is 3.47. The summed E-state index contributed by atoms with van der Waals surface area (Å²) in [6, 6.07) is 13.5. The topological polar surface area (TPSA) is 75.6 Å². The first kappa shape index (κ1) is 16.5. The number of ether oxygens (including phenoxy) is 1. The summed E-state index contributed by atoms with van der Waals surface area (Å²) in [4.78, 5) is 22.9. The zero-order chi connectivity index (χ0) is 16.7. The molecule has 2 rings (SSSR count). The van der Waals surface area contributed by atoms with Crippen LogP contribution < -0.4 is 10.1 Å². The van der Waals surface area contributed by atoms with Gasteiger partial charge in [0.05, 0.1) is 12.2 Å². The van der Waals surface area contributed by atoms with Crippen LogP contribution in [0.3, 0.4) is 0 Å². The molecule has 0 heterocycles. The van der Waals surface area contributed by atoms with Crippen molar-refractivity contribution in [3.8, 4) is 5.75 Å². The Morgan fingerprint density at radius 3 is 2.17 bits per heavy atom. The molecule has 0 saturated carbocycles. The lowest BCUT2D eigenvalue weighted by atomic mass is 10.1. The summed E-state index contributed by atoms with van der Waals surface area (Å²) in [5.74, 6) is -0.161. The largest absolute Gasteiger partial charge is 0.494 e. The number of carbonyl (C=O) groups excluding carboxylic acids is 1. The van der Waals surface area contributed by atoms with E-state index in [0.29, 0.717) is 25.1 Å². The fraction of sp³-hybridized carbons (Fsp3) is 0.222. The van der Waals surface area contributed by atoms with Crippen LogP contribution in [0.25, 0.3) is 0 Å². The fourth-order valence-corrected chi connectivity index (χ4v) is 2.10. The van der Waals surface area contributed by atoms with E-state index in [-0.39, 0.29) is 11.3 Å². The number of hydrogen-bond acceptors (Lipinski definition) is 4. The van der Waals surface area contributed by atoms with Gasteiger partial charge in [0.15, 0.2) is 5.78 Å². The lowest BCUT2D eigenvalue weighted by molar-refractivity contribution is 0.0696. The molecule has 2 N–H and O–H groups in total. The van der Waals surface area contributed by atoms with Crippen molar-refractivity contribution in [1.82, 2.24) is 0 Å². The van der Waals surface area contributed by atoms with Crippen LogP contribution in [0.5, 0.6) is 5.75 Å². The van der Waals surface area contributed by atoms with E-state index in [0.717, 1.165) is 11.4 Å². The van der Waals surface area contributed by atoms with Crippen LogP contribution in [0, 0.1) is 0 Å². The van der Waals surface area contributed by atoms with E-state index in [4.69, 9.17) is 9.84 Å². The molecule has 0 aliphatic rings. The van der Waals surface area contributed by atoms with Crippen molar-refractivity contribution in [2.45, 2.75) is 13.3 Å². The fourth-order valence-electron chi connectivity index (χ4n) is 2.10. The normalized spacial score (nSPS) is 10.1. The third-order valence-corrected chi connectivity index (χ3v) is 3.30. The molecule has 0 saturated heterocycles. The minimum Gasteiger partial charge on any atom is -0.494 e. The molecule has 0 amide bonds. The molecule has 0 unspecified atom stereocenters. The number of ketones is 1. The highest BCUT2D eigenvalue weighted by atomic mass is 16.5. The van der Waals surface area contributed by atoms with Gasteiger partial charge in [-0.05, 0) is 55.5 Å². The summed E-state index contributed by atoms with van der Waals surface area (Å²) in [6.07, 6.45) is 0.356. The average Bonchev–Trinajstić information content (AvgIpc) is 2.56. The molecule has 2 aromatic carbocycles. The quantitative estimate of drug-likeness (QED) is 0.730. The van der Waals surface area contributed by atoms with Gasteiger partial charge < -0.3 is 15.2 Å². The van der Waals surface area contributed by atoms with Gasteiger partial charge in [0.25, 0.3) is 0 Å². The zero-order valence-corrected chi connectivity index (χ0v) is 12.9. The summed E-state index contributed by atoms with van der Waals surface area (Å²) in [5.41, 5.74) is 1.67. The van der Waals surface area contributed by atoms with E-state index < -0.39 is 5.97 Å². The number of aromatic carboxylic acids is 1. The van der Waals surface area contributed by atoms with E-state index in [9.17, 15) is 9.59 Å². The maximum Gasteiger partial charge on any atom is 0.335 e. The van der Waals surface area contributed by atoms with Crippen molar-refractivity contribution in [1.29, 1.82) is 0 Å². The van der Waals surface area contributed by atoms with Crippen molar-refractivity contribution in [2.75, 3.05) is 18.5 Å². The molecule has 2 aromatic rings. The standard InChI is InChI=1S/C18H19NO4/c1-2-23-16-9-5-13(6-10-16)17(20)11-12-19-15-7-3-14(4-8-15)18(21)22/h3-10,19H,2,11-12H2,1H3,(H,21,22). The first-order valence-electron chi connectivity index (χ1n) is 7.43. The van der Waals surface area contributed by atoms with Gasteiger partial charge in [-0.15, -0.1) is 0 Å². The van der Waals surface area contributed by atoms with E-state index in [1.165, 1.54) is 12.1 Å². The van der Waals surface area contributed by atoms with Crippen LogP contribution in [-0.2, 0) is 0 Å². The van der Waals surface area contributed by atoms with Crippen molar-refractivity contribution in [2.24, 2.45) is 0 Å². The number of Topliss-reactive ketones (excluding diaryl/α,β-unsaturated/α-hetero) is 1. The molecule has 120 valence electrons. The van der Waals surface area contributed by atoms with Crippen molar-refractivity contribution in [3.05, 3.63) is 59.7 Å². The summed E-state index contributed by atoms with van der Waals surface area (Å²) in [6.45, 7) is 2.99. The molecular formula is C18H19NO4. The first-order chi connectivity index (χ1) is 11.1. The van der Waals surface area contributed by atoms with Crippen LogP contribution in [0.2, 0.25) is 0 Å². The van der Waals surface area contributed by atoms with Gasteiger partial charge in [-0.1, -0.05) is 0 Å². The molecule has 0 spiro atoms.